The van der Waals surface area contributed by atoms with E-state index in [1.54, 1.807) is 0 Å². The zero-order valence-corrected chi connectivity index (χ0v) is 14.4. The van der Waals surface area contributed by atoms with Crippen molar-refractivity contribution < 1.29 is 9.53 Å². The first-order chi connectivity index (χ1) is 10.6. The average molecular weight is 309 g/mol. The third-order valence-electron chi connectivity index (χ3n) is 5.11. The monoisotopic (exact) mass is 309 g/mol. The Bertz CT molecular complexity index is 395. The molecule has 0 unspecified atom stereocenters. The van der Waals surface area contributed by atoms with Gasteiger partial charge in [0.15, 0.2) is 5.96 Å². The van der Waals surface area contributed by atoms with Gasteiger partial charge in [-0.1, -0.05) is 19.8 Å². The van der Waals surface area contributed by atoms with Gasteiger partial charge in [-0.3, -0.25) is 9.79 Å². The molecular weight excluding hydrogens is 278 g/mol. The van der Waals surface area contributed by atoms with Gasteiger partial charge in [0, 0.05) is 26.7 Å². The second kappa shape index (κ2) is 7.84. The van der Waals surface area contributed by atoms with Gasteiger partial charge in [0.05, 0.1) is 12.5 Å². The van der Waals surface area contributed by atoms with Crippen molar-refractivity contribution in [2.45, 2.75) is 52.4 Å². The van der Waals surface area contributed by atoms with Crippen molar-refractivity contribution in [2.24, 2.45) is 16.3 Å². The maximum absolute atomic E-state index is 11.8. The molecule has 0 spiro atoms. The Labute approximate surface area is 134 Å². The van der Waals surface area contributed by atoms with Crippen molar-refractivity contribution in [3.8, 4) is 0 Å². The number of ether oxygens (including phenoxy) is 1. The molecular formula is C17H31N3O2. The molecule has 0 atom stereocenters. The molecule has 0 aromatic rings. The number of hydrogen-bond acceptors (Lipinski definition) is 3. The van der Waals surface area contributed by atoms with Crippen LogP contribution in [0.1, 0.15) is 52.4 Å². The van der Waals surface area contributed by atoms with E-state index in [1.807, 2.05) is 14.0 Å². The molecule has 2 fully saturated rings. The lowest BCUT2D eigenvalue weighted by atomic mass is 9.89. The largest absolute Gasteiger partial charge is 0.466 e. The standard InChI is InChI=1S/C17H31N3O2/c1-4-22-15(21)14-7-11-20(12-8-14)16(18-3)19-13-17(2)9-5-6-10-17/h14H,4-13H2,1-3H3,(H,18,19). The van der Waals surface area contributed by atoms with Gasteiger partial charge >= 0.3 is 5.97 Å². The Morgan fingerprint density at radius 1 is 1.32 bits per heavy atom. The van der Waals surface area contributed by atoms with Gasteiger partial charge in [-0.2, -0.15) is 0 Å². The Balaban J connectivity index is 1.79. The predicted molar refractivity (Wildman–Crippen MR) is 88.9 cm³/mol. The van der Waals surface area contributed by atoms with Crippen LogP contribution in [0.2, 0.25) is 0 Å². The van der Waals surface area contributed by atoms with Gasteiger partial charge in [-0.05, 0) is 38.0 Å². The van der Waals surface area contributed by atoms with Gasteiger partial charge in [0.25, 0.3) is 0 Å². The van der Waals surface area contributed by atoms with Crippen LogP contribution in [0.15, 0.2) is 4.99 Å². The summed E-state index contributed by atoms with van der Waals surface area (Å²) in [6, 6.07) is 0. The minimum absolute atomic E-state index is 0.0384. The maximum Gasteiger partial charge on any atom is 0.309 e. The number of nitrogens with zero attached hydrogens (tertiary/aromatic N) is 2. The summed E-state index contributed by atoms with van der Waals surface area (Å²) >= 11 is 0. The van der Waals surface area contributed by atoms with E-state index in [-0.39, 0.29) is 11.9 Å². The highest BCUT2D eigenvalue weighted by molar-refractivity contribution is 5.80. The number of nitrogens with one attached hydrogen (secondary N) is 1. The van der Waals surface area contributed by atoms with E-state index in [0.717, 1.165) is 38.4 Å². The third-order valence-corrected chi connectivity index (χ3v) is 5.11. The maximum atomic E-state index is 11.8. The summed E-state index contributed by atoms with van der Waals surface area (Å²) in [5, 5.41) is 3.55. The van der Waals surface area contributed by atoms with Crippen LogP contribution >= 0.6 is 0 Å². The zero-order valence-electron chi connectivity index (χ0n) is 14.4. The summed E-state index contributed by atoms with van der Waals surface area (Å²) < 4.78 is 5.13. The third kappa shape index (κ3) is 4.37. The number of rotatable bonds is 4. The van der Waals surface area contributed by atoms with E-state index in [0.29, 0.717) is 12.0 Å². The highest BCUT2D eigenvalue weighted by atomic mass is 16.5. The van der Waals surface area contributed by atoms with E-state index < -0.39 is 0 Å². The molecule has 0 radical (unpaired) electrons. The van der Waals surface area contributed by atoms with Crippen LogP contribution in [0.5, 0.6) is 0 Å². The van der Waals surface area contributed by atoms with Crippen LogP contribution < -0.4 is 5.32 Å². The summed E-state index contributed by atoms with van der Waals surface area (Å²) in [6.45, 7) is 7.45. The fraction of sp³-hybridized carbons (Fsp3) is 0.882. The molecule has 22 heavy (non-hydrogen) atoms. The summed E-state index contributed by atoms with van der Waals surface area (Å²) in [5.74, 6) is 1.00. The molecule has 1 N–H and O–H groups in total. The van der Waals surface area contributed by atoms with Crippen LogP contribution in [0, 0.1) is 11.3 Å². The second-order valence-electron chi connectivity index (χ2n) is 6.93. The average Bonchev–Trinajstić information content (AvgIpc) is 2.96. The second-order valence-corrected chi connectivity index (χ2v) is 6.93. The van der Waals surface area contributed by atoms with Crippen molar-refractivity contribution in [3.05, 3.63) is 0 Å². The molecule has 2 rings (SSSR count). The van der Waals surface area contributed by atoms with Crippen molar-refractivity contribution in [1.29, 1.82) is 0 Å². The Morgan fingerprint density at radius 3 is 2.50 bits per heavy atom. The fourth-order valence-corrected chi connectivity index (χ4v) is 3.62. The van der Waals surface area contributed by atoms with E-state index in [2.05, 4.69) is 22.1 Å². The molecule has 0 aromatic heterocycles. The number of carbonyl (C=O) groups is 1. The van der Waals surface area contributed by atoms with Crippen molar-refractivity contribution in [1.82, 2.24) is 10.2 Å². The van der Waals surface area contributed by atoms with Gasteiger partial charge in [0.2, 0.25) is 0 Å². The number of likely N-dealkylation sites (tertiary alicyclic amines) is 1. The highest BCUT2D eigenvalue weighted by Crippen LogP contribution is 2.36. The van der Waals surface area contributed by atoms with Crippen LogP contribution in [-0.4, -0.2) is 50.1 Å². The lowest BCUT2D eigenvalue weighted by Crippen LogP contribution is -2.48. The summed E-state index contributed by atoms with van der Waals surface area (Å²) in [6.07, 6.45) is 7.03. The molecule has 5 heteroatoms. The minimum Gasteiger partial charge on any atom is -0.466 e. The predicted octanol–water partition coefficient (Wildman–Crippen LogP) is 2.42. The number of esters is 1. The van der Waals surface area contributed by atoms with Crippen LogP contribution in [-0.2, 0) is 9.53 Å². The summed E-state index contributed by atoms with van der Waals surface area (Å²) in [7, 11) is 1.84. The molecule has 126 valence electrons. The molecule has 5 nitrogen and oxygen atoms in total. The van der Waals surface area contributed by atoms with Crippen molar-refractivity contribution in [2.75, 3.05) is 33.3 Å². The summed E-state index contributed by atoms with van der Waals surface area (Å²) in [5.41, 5.74) is 0.416. The Morgan fingerprint density at radius 2 is 1.95 bits per heavy atom. The SMILES string of the molecule is CCOC(=O)C1CCN(C(=NC)NCC2(C)CCCC2)CC1. The molecule has 1 saturated carbocycles. The first-order valence-corrected chi connectivity index (χ1v) is 8.70. The number of aliphatic imine (C=N–C) groups is 1. The first kappa shape index (κ1) is 17.1. The number of carbonyl (C=O) groups excluding carboxylic acids is 1. The molecule has 0 amide bonds. The van der Waals surface area contributed by atoms with Crippen molar-refractivity contribution >= 4 is 11.9 Å². The van der Waals surface area contributed by atoms with Crippen LogP contribution in [0.3, 0.4) is 0 Å². The van der Waals surface area contributed by atoms with Gasteiger partial charge < -0.3 is 15.0 Å². The topological polar surface area (TPSA) is 53.9 Å². The molecule has 1 saturated heterocycles. The first-order valence-electron chi connectivity index (χ1n) is 8.70. The van der Waals surface area contributed by atoms with E-state index in [4.69, 9.17) is 4.74 Å². The van der Waals surface area contributed by atoms with E-state index in [1.165, 1.54) is 25.7 Å². The highest BCUT2D eigenvalue weighted by Gasteiger charge is 2.31. The smallest absolute Gasteiger partial charge is 0.309 e. The molecule has 1 aliphatic heterocycles. The lowest BCUT2D eigenvalue weighted by molar-refractivity contribution is -0.149. The Kier molecular flexibility index (Phi) is 6.09. The molecule has 0 aromatic carbocycles. The quantitative estimate of drug-likeness (QED) is 0.492. The molecule has 0 bridgehead atoms. The van der Waals surface area contributed by atoms with Gasteiger partial charge in [-0.25, -0.2) is 0 Å². The normalized spacial score (nSPS) is 22.7. The fourth-order valence-electron chi connectivity index (χ4n) is 3.62. The zero-order chi connectivity index (χ0) is 16.0. The molecule has 1 aliphatic carbocycles. The van der Waals surface area contributed by atoms with Crippen molar-refractivity contribution in [3.63, 3.8) is 0 Å². The lowest BCUT2D eigenvalue weighted by Gasteiger charge is -2.35. The summed E-state index contributed by atoms with van der Waals surface area (Å²) in [4.78, 5) is 18.5. The van der Waals surface area contributed by atoms with Crippen LogP contribution in [0.4, 0.5) is 0 Å². The minimum atomic E-state index is -0.0384. The Hall–Kier alpha value is -1.26. The van der Waals surface area contributed by atoms with E-state index >= 15 is 0 Å². The molecule has 1 heterocycles. The number of hydrogen-bond donors (Lipinski definition) is 1. The molecule has 2 aliphatic rings. The number of guanidine groups is 1. The number of piperidine rings is 1. The van der Waals surface area contributed by atoms with Gasteiger partial charge in [-0.15, -0.1) is 0 Å². The van der Waals surface area contributed by atoms with Crippen LogP contribution in [0.25, 0.3) is 0 Å². The van der Waals surface area contributed by atoms with E-state index in [9.17, 15) is 4.79 Å². The van der Waals surface area contributed by atoms with Gasteiger partial charge in [0.1, 0.15) is 0 Å².